The Labute approximate surface area is 98.8 Å². The summed E-state index contributed by atoms with van der Waals surface area (Å²) >= 11 is 0. The van der Waals surface area contributed by atoms with Crippen molar-refractivity contribution in [2.45, 2.75) is 50.0 Å². The lowest BCUT2D eigenvalue weighted by Gasteiger charge is -2.57. The highest BCUT2D eigenvalue weighted by Gasteiger charge is 2.63. The Hall–Kier alpha value is -0.420. The molecule has 16 heavy (non-hydrogen) atoms. The van der Waals surface area contributed by atoms with Gasteiger partial charge in [0.1, 0.15) is 5.54 Å². The Morgan fingerprint density at radius 3 is 1.81 bits per heavy atom. The number of rotatable bonds is 1. The Morgan fingerprint density at radius 2 is 1.50 bits per heavy atom. The number of hydrogen-bond acceptors (Lipinski definition) is 2. The normalized spacial score (nSPS) is 34.9. The Balaban J connectivity index is 0.00000128. The van der Waals surface area contributed by atoms with E-state index in [-0.39, 0.29) is 38.1 Å². The molecule has 0 aromatic rings. The van der Waals surface area contributed by atoms with Gasteiger partial charge in [-0.15, -0.1) is 12.4 Å². The largest absolute Gasteiger partial charge is 0.480 e. The second-order valence-electron chi connectivity index (χ2n) is 4.91. The van der Waals surface area contributed by atoms with Gasteiger partial charge in [0.2, 0.25) is 5.92 Å². The Kier molecular flexibility index (Phi) is 3.25. The summed E-state index contributed by atoms with van der Waals surface area (Å²) in [6.07, 6.45) is 1.11. The number of alkyl halides is 2. The average molecular weight is 256 g/mol. The molecule has 0 aromatic heterocycles. The molecule has 0 aromatic carbocycles. The fourth-order valence-corrected chi connectivity index (χ4v) is 2.87. The first-order valence-corrected chi connectivity index (χ1v) is 5.22. The van der Waals surface area contributed by atoms with Crippen LogP contribution in [0, 0.1) is 5.41 Å². The van der Waals surface area contributed by atoms with Crippen molar-refractivity contribution in [2.24, 2.45) is 11.1 Å². The molecule has 0 aliphatic heterocycles. The summed E-state index contributed by atoms with van der Waals surface area (Å²) in [5.41, 5.74) is 3.97. The van der Waals surface area contributed by atoms with E-state index < -0.39 is 22.8 Å². The van der Waals surface area contributed by atoms with Gasteiger partial charge in [-0.05, 0) is 31.1 Å². The van der Waals surface area contributed by atoms with Gasteiger partial charge in [0.15, 0.2) is 0 Å². The summed E-state index contributed by atoms with van der Waals surface area (Å²) in [4.78, 5) is 11.0. The van der Waals surface area contributed by atoms with Crippen molar-refractivity contribution in [3.63, 3.8) is 0 Å². The molecule has 1 unspecified atom stereocenters. The zero-order chi connectivity index (χ0) is 11.3. The van der Waals surface area contributed by atoms with Gasteiger partial charge in [0, 0.05) is 12.8 Å². The summed E-state index contributed by atoms with van der Waals surface area (Å²) < 4.78 is 25.9. The molecule has 0 amide bonds. The predicted molar refractivity (Wildman–Crippen MR) is 56.9 cm³/mol. The van der Waals surface area contributed by atoms with Crippen LogP contribution in [0.1, 0.15) is 38.5 Å². The maximum atomic E-state index is 13.0. The third kappa shape index (κ3) is 1.70. The van der Waals surface area contributed by atoms with Crippen LogP contribution in [-0.4, -0.2) is 22.5 Å². The lowest BCUT2D eigenvalue weighted by Crippen LogP contribution is -2.69. The zero-order valence-electron chi connectivity index (χ0n) is 8.84. The summed E-state index contributed by atoms with van der Waals surface area (Å²) in [7, 11) is 0. The van der Waals surface area contributed by atoms with Gasteiger partial charge < -0.3 is 10.8 Å². The average Bonchev–Trinajstić information content (AvgIpc) is 2.14. The predicted octanol–water partition coefficient (Wildman–Crippen LogP) is 2.18. The van der Waals surface area contributed by atoms with Gasteiger partial charge in [-0.1, -0.05) is 0 Å². The van der Waals surface area contributed by atoms with Crippen LogP contribution in [0.3, 0.4) is 0 Å². The summed E-state index contributed by atoms with van der Waals surface area (Å²) in [6.45, 7) is 0. The molecule has 2 fully saturated rings. The summed E-state index contributed by atoms with van der Waals surface area (Å²) in [5.74, 6) is -3.67. The van der Waals surface area contributed by atoms with Gasteiger partial charge in [0.25, 0.3) is 0 Å². The quantitative estimate of drug-likeness (QED) is 0.755. The number of carboxylic acid groups (broad SMARTS) is 1. The highest BCUT2D eigenvalue weighted by Crippen LogP contribution is 2.59. The highest BCUT2D eigenvalue weighted by atomic mass is 35.5. The smallest absolute Gasteiger partial charge is 0.324 e. The second-order valence-corrected chi connectivity index (χ2v) is 4.91. The van der Waals surface area contributed by atoms with Gasteiger partial charge in [-0.3, -0.25) is 4.79 Å². The molecule has 1 atom stereocenters. The van der Waals surface area contributed by atoms with Crippen molar-refractivity contribution in [2.75, 3.05) is 0 Å². The van der Waals surface area contributed by atoms with Crippen LogP contribution in [0.2, 0.25) is 0 Å². The van der Waals surface area contributed by atoms with E-state index in [4.69, 9.17) is 10.8 Å². The van der Waals surface area contributed by atoms with Crippen LogP contribution in [0.15, 0.2) is 0 Å². The zero-order valence-corrected chi connectivity index (χ0v) is 9.66. The SMILES string of the molecule is Cl.NC1(C(=O)O)CCC12CCC(F)(F)CC2. The van der Waals surface area contributed by atoms with Crippen molar-refractivity contribution in [1.29, 1.82) is 0 Å². The van der Waals surface area contributed by atoms with E-state index in [0.29, 0.717) is 12.8 Å². The molecule has 2 aliphatic carbocycles. The van der Waals surface area contributed by atoms with Gasteiger partial charge >= 0.3 is 5.97 Å². The van der Waals surface area contributed by atoms with Gasteiger partial charge in [-0.25, -0.2) is 8.78 Å². The molecule has 0 bridgehead atoms. The topological polar surface area (TPSA) is 63.3 Å². The minimum absolute atomic E-state index is 0. The van der Waals surface area contributed by atoms with E-state index >= 15 is 0 Å². The van der Waals surface area contributed by atoms with E-state index in [1.165, 1.54) is 0 Å². The monoisotopic (exact) mass is 255 g/mol. The number of halogens is 3. The molecule has 6 heteroatoms. The number of carboxylic acids is 1. The van der Waals surface area contributed by atoms with Crippen LogP contribution in [0.25, 0.3) is 0 Å². The standard InChI is InChI=1S/C10H15F2NO2.ClH/c11-9(12)4-1-8(2-5-9)3-6-10(8,13)7(14)15;/h1-6,13H2,(H,14,15);1H. The van der Waals surface area contributed by atoms with E-state index in [0.717, 1.165) is 0 Å². The molecular weight excluding hydrogens is 240 g/mol. The van der Waals surface area contributed by atoms with Crippen LogP contribution < -0.4 is 5.73 Å². The van der Waals surface area contributed by atoms with Gasteiger partial charge in [0.05, 0.1) is 0 Å². The first-order chi connectivity index (χ1) is 6.81. The first-order valence-electron chi connectivity index (χ1n) is 5.22. The van der Waals surface area contributed by atoms with E-state index in [1.807, 2.05) is 0 Å². The molecule has 0 radical (unpaired) electrons. The molecule has 1 spiro atoms. The molecule has 2 rings (SSSR count). The highest BCUT2D eigenvalue weighted by molar-refractivity contribution is 5.85. The maximum absolute atomic E-state index is 13.0. The van der Waals surface area contributed by atoms with Crippen molar-refractivity contribution in [3.05, 3.63) is 0 Å². The fraction of sp³-hybridized carbons (Fsp3) is 0.900. The number of hydrogen-bond donors (Lipinski definition) is 2. The van der Waals surface area contributed by atoms with Crippen molar-refractivity contribution >= 4 is 18.4 Å². The third-order valence-corrected chi connectivity index (χ3v) is 4.26. The number of aliphatic carboxylic acids is 1. The molecule has 2 aliphatic rings. The van der Waals surface area contributed by atoms with Crippen LogP contribution >= 0.6 is 12.4 Å². The van der Waals surface area contributed by atoms with Crippen LogP contribution in [0.5, 0.6) is 0 Å². The van der Waals surface area contributed by atoms with Crippen molar-refractivity contribution < 1.29 is 18.7 Å². The van der Waals surface area contributed by atoms with Crippen molar-refractivity contribution in [3.8, 4) is 0 Å². The van der Waals surface area contributed by atoms with E-state index in [9.17, 15) is 13.6 Å². The molecular formula is C10H16ClF2NO2. The minimum Gasteiger partial charge on any atom is -0.480 e. The molecule has 0 heterocycles. The second kappa shape index (κ2) is 3.81. The lowest BCUT2D eigenvalue weighted by molar-refractivity contribution is -0.171. The first kappa shape index (κ1) is 13.6. The minimum atomic E-state index is -2.62. The molecule has 3 nitrogen and oxygen atoms in total. The van der Waals surface area contributed by atoms with Crippen LogP contribution in [0.4, 0.5) is 8.78 Å². The summed E-state index contributed by atoms with van der Waals surface area (Å²) in [6, 6.07) is 0. The lowest BCUT2D eigenvalue weighted by atomic mass is 9.49. The molecule has 2 saturated carbocycles. The van der Waals surface area contributed by atoms with Gasteiger partial charge in [-0.2, -0.15) is 0 Å². The van der Waals surface area contributed by atoms with Crippen LogP contribution in [-0.2, 0) is 4.79 Å². The Morgan fingerprint density at radius 1 is 1.06 bits per heavy atom. The number of carbonyl (C=O) groups is 1. The molecule has 0 saturated heterocycles. The summed E-state index contributed by atoms with van der Waals surface area (Å²) in [5, 5.41) is 9.03. The maximum Gasteiger partial charge on any atom is 0.324 e. The molecule has 94 valence electrons. The Bertz CT molecular complexity index is 301. The molecule has 3 N–H and O–H groups in total. The van der Waals surface area contributed by atoms with E-state index in [1.54, 1.807) is 0 Å². The van der Waals surface area contributed by atoms with E-state index in [2.05, 4.69) is 0 Å². The van der Waals surface area contributed by atoms with Crippen molar-refractivity contribution in [1.82, 2.24) is 0 Å². The third-order valence-electron chi connectivity index (χ3n) is 4.26. The number of nitrogens with two attached hydrogens (primary N) is 1. The fourth-order valence-electron chi connectivity index (χ4n) is 2.87.